The smallest absolute Gasteiger partial charge is 0.0110 e. The topological polar surface area (TPSA) is 18.5 Å². The van der Waals surface area contributed by atoms with Gasteiger partial charge in [-0.15, -0.1) is 0 Å². The maximum atomic E-state index is 3.40. The van der Waals surface area contributed by atoms with Crippen LogP contribution in [0.2, 0.25) is 0 Å². The van der Waals surface area contributed by atoms with Crippen molar-refractivity contribution in [2.45, 2.75) is 19.8 Å². The predicted molar refractivity (Wildman–Crippen MR) is 64.1 cm³/mol. The fourth-order valence-electron chi connectivity index (χ4n) is 2.67. The first-order valence-corrected chi connectivity index (χ1v) is 6.54. The molecular weight excluding hydrogens is 186 g/mol. The highest BCUT2D eigenvalue weighted by Crippen LogP contribution is 2.19. The van der Waals surface area contributed by atoms with Gasteiger partial charge in [-0.3, -0.25) is 4.90 Å². The monoisotopic (exact) mass is 211 g/mol. The summed E-state index contributed by atoms with van der Waals surface area (Å²) in [5.41, 5.74) is 0. The molecule has 2 heterocycles. The van der Waals surface area contributed by atoms with E-state index < -0.39 is 0 Å². The van der Waals surface area contributed by atoms with E-state index in [9.17, 15) is 0 Å². The summed E-state index contributed by atoms with van der Waals surface area (Å²) < 4.78 is 0. The third-order valence-electron chi connectivity index (χ3n) is 3.67. The molecule has 0 unspecified atom stereocenters. The van der Waals surface area contributed by atoms with Crippen molar-refractivity contribution in [1.82, 2.24) is 15.1 Å². The van der Waals surface area contributed by atoms with Crippen molar-refractivity contribution in [2.24, 2.45) is 5.92 Å². The zero-order valence-electron chi connectivity index (χ0n) is 10.0. The summed E-state index contributed by atoms with van der Waals surface area (Å²) in [6.45, 7) is 12.4. The van der Waals surface area contributed by atoms with Crippen LogP contribution in [0.25, 0.3) is 0 Å². The van der Waals surface area contributed by atoms with Crippen molar-refractivity contribution < 1.29 is 0 Å². The van der Waals surface area contributed by atoms with Crippen LogP contribution in [0.15, 0.2) is 0 Å². The molecule has 0 spiro atoms. The fraction of sp³-hybridized carbons (Fsp3) is 1.00. The van der Waals surface area contributed by atoms with Crippen LogP contribution in [0.1, 0.15) is 19.8 Å². The first kappa shape index (κ1) is 11.4. The van der Waals surface area contributed by atoms with Gasteiger partial charge in [0, 0.05) is 52.4 Å². The van der Waals surface area contributed by atoms with Gasteiger partial charge in [0.25, 0.3) is 0 Å². The summed E-state index contributed by atoms with van der Waals surface area (Å²) >= 11 is 0. The third kappa shape index (κ3) is 3.44. The molecule has 0 amide bonds. The minimum Gasteiger partial charge on any atom is -0.314 e. The molecule has 3 heteroatoms. The van der Waals surface area contributed by atoms with Gasteiger partial charge in [0.1, 0.15) is 0 Å². The highest BCUT2D eigenvalue weighted by atomic mass is 15.2. The molecule has 0 saturated carbocycles. The van der Waals surface area contributed by atoms with Gasteiger partial charge in [-0.1, -0.05) is 13.3 Å². The Bertz CT molecular complexity index is 172. The first-order chi connectivity index (χ1) is 7.38. The molecule has 0 atom stereocenters. The number of hydrogen-bond acceptors (Lipinski definition) is 3. The molecule has 0 aliphatic carbocycles. The summed E-state index contributed by atoms with van der Waals surface area (Å²) in [5, 5.41) is 3.40. The Morgan fingerprint density at radius 2 is 1.73 bits per heavy atom. The predicted octanol–water partition coefficient (Wildman–Crippen LogP) is 0.624. The van der Waals surface area contributed by atoms with Gasteiger partial charge in [-0.05, 0) is 12.3 Å². The van der Waals surface area contributed by atoms with Crippen LogP contribution < -0.4 is 5.32 Å². The number of nitrogens with one attached hydrogen (secondary N) is 1. The molecule has 2 aliphatic heterocycles. The average Bonchev–Trinajstić information content (AvgIpc) is 2.23. The van der Waals surface area contributed by atoms with Crippen molar-refractivity contribution >= 4 is 0 Å². The van der Waals surface area contributed by atoms with E-state index in [0.29, 0.717) is 0 Å². The van der Waals surface area contributed by atoms with E-state index in [0.717, 1.165) is 5.92 Å². The molecule has 0 aromatic carbocycles. The van der Waals surface area contributed by atoms with E-state index in [-0.39, 0.29) is 0 Å². The number of hydrogen-bond donors (Lipinski definition) is 1. The van der Waals surface area contributed by atoms with E-state index in [2.05, 4.69) is 22.0 Å². The van der Waals surface area contributed by atoms with E-state index >= 15 is 0 Å². The van der Waals surface area contributed by atoms with Crippen molar-refractivity contribution in [2.75, 3.05) is 52.4 Å². The average molecular weight is 211 g/mol. The number of piperazine rings is 1. The SMILES string of the molecule is CCCC1CN(CCN2CCNCC2)C1. The maximum Gasteiger partial charge on any atom is 0.0110 e. The Labute approximate surface area is 93.8 Å². The van der Waals surface area contributed by atoms with Gasteiger partial charge in [0.2, 0.25) is 0 Å². The quantitative estimate of drug-likeness (QED) is 0.719. The van der Waals surface area contributed by atoms with Gasteiger partial charge in [-0.2, -0.15) is 0 Å². The molecule has 1 N–H and O–H groups in total. The first-order valence-electron chi connectivity index (χ1n) is 6.54. The Morgan fingerprint density at radius 3 is 2.40 bits per heavy atom. The largest absolute Gasteiger partial charge is 0.314 e. The second-order valence-corrected chi connectivity index (χ2v) is 5.01. The molecule has 2 fully saturated rings. The molecule has 0 aromatic heterocycles. The summed E-state index contributed by atoms with van der Waals surface area (Å²) in [4.78, 5) is 5.20. The van der Waals surface area contributed by atoms with Crippen LogP contribution in [0.5, 0.6) is 0 Å². The van der Waals surface area contributed by atoms with Gasteiger partial charge >= 0.3 is 0 Å². The van der Waals surface area contributed by atoms with Crippen LogP contribution in [0, 0.1) is 5.92 Å². The lowest BCUT2D eigenvalue weighted by Gasteiger charge is -2.40. The molecule has 0 radical (unpaired) electrons. The lowest BCUT2D eigenvalue weighted by molar-refractivity contribution is 0.0774. The molecule has 0 bridgehead atoms. The van der Waals surface area contributed by atoms with Gasteiger partial charge in [0.05, 0.1) is 0 Å². The third-order valence-corrected chi connectivity index (χ3v) is 3.67. The zero-order valence-corrected chi connectivity index (χ0v) is 10.0. The van der Waals surface area contributed by atoms with E-state index in [1.807, 2.05) is 0 Å². The summed E-state index contributed by atoms with van der Waals surface area (Å²) in [7, 11) is 0. The molecular formula is C12H25N3. The van der Waals surface area contributed by atoms with Crippen LogP contribution in [-0.4, -0.2) is 62.2 Å². The van der Waals surface area contributed by atoms with Crippen molar-refractivity contribution in [3.63, 3.8) is 0 Å². The van der Waals surface area contributed by atoms with Gasteiger partial charge in [-0.25, -0.2) is 0 Å². The van der Waals surface area contributed by atoms with Gasteiger partial charge in [0.15, 0.2) is 0 Å². The van der Waals surface area contributed by atoms with E-state index in [1.54, 1.807) is 0 Å². The second-order valence-electron chi connectivity index (χ2n) is 5.01. The molecule has 0 aromatic rings. The number of likely N-dealkylation sites (tertiary alicyclic amines) is 1. The van der Waals surface area contributed by atoms with Crippen LogP contribution in [0.3, 0.4) is 0 Å². The standard InChI is InChI=1S/C12H25N3/c1-2-3-12-10-15(11-12)9-8-14-6-4-13-5-7-14/h12-13H,2-11H2,1H3. The fourth-order valence-corrected chi connectivity index (χ4v) is 2.67. The Kier molecular flexibility index (Phi) is 4.42. The lowest BCUT2D eigenvalue weighted by atomic mass is 9.95. The normalized spacial score (nSPS) is 25.4. The van der Waals surface area contributed by atoms with Crippen LogP contribution >= 0.6 is 0 Å². The summed E-state index contributed by atoms with van der Waals surface area (Å²) in [6, 6.07) is 0. The van der Waals surface area contributed by atoms with E-state index in [1.165, 1.54) is 65.2 Å². The summed E-state index contributed by atoms with van der Waals surface area (Å²) in [5.74, 6) is 1.01. The summed E-state index contributed by atoms with van der Waals surface area (Å²) in [6.07, 6.45) is 2.79. The zero-order chi connectivity index (χ0) is 10.5. The van der Waals surface area contributed by atoms with Crippen LogP contribution in [0.4, 0.5) is 0 Å². The Hall–Kier alpha value is -0.120. The van der Waals surface area contributed by atoms with Crippen LogP contribution in [-0.2, 0) is 0 Å². The molecule has 2 aliphatic rings. The van der Waals surface area contributed by atoms with Gasteiger partial charge < -0.3 is 10.2 Å². The lowest BCUT2D eigenvalue weighted by Crippen LogP contribution is -2.51. The minimum atomic E-state index is 1.01. The molecule has 2 rings (SSSR count). The second kappa shape index (κ2) is 5.83. The number of nitrogens with zero attached hydrogens (tertiary/aromatic N) is 2. The molecule has 88 valence electrons. The van der Waals surface area contributed by atoms with Crippen molar-refractivity contribution in [3.05, 3.63) is 0 Å². The molecule has 3 nitrogen and oxygen atoms in total. The number of rotatable bonds is 5. The highest BCUT2D eigenvalue weighted by Gasteiger charge is 2.25. The maximum absolute atomic E-state index is 3.40. The molecule has 2 saturated heterocycles. The molecule has 15 heavy (non-hydrogen) atoms. The minimum absolute atomic E-state index is 1.01. The van der Waals surface area contributed by atoms with E-state index in [4.69, 9.17) is 0 Å². The Morgan fingerprint density at radius 1 is 1.07 bits per heavy atom. The highest BCUT2D eigenvalue weighted by molar-refractivity contribution is 4.80. The Balaban J connectivity index is 1.52. The van der Waals surface area contributed by atoms with Crippen molar-refractivity contribution in [3.8, 4) is 0 Å². The van der Waals surface area contributed by atoms with Crippen molar-refractivity contribution in [1.29, 1.82) is 0 Å².